The van der Waals surface area contributed by atoms with Crippen LogP contribution in [0.4, 0.5) is 15.9 Å². The third-order valence-electron chi connectivity index (χ3n) is 5.06. The van der Waals surface area contributed by atoms with Crippen molar-refractivity contribution in [2.24, 2.45) is 5.92 Å². The van der Waals surface area contributed by atoms with Crippen LogP contribution in [0.3, 0.4) is 0 Å². The van der Waals surface area contributed by atoms with E-state index in [0.29, 0.717) is 34.0 Å². The molecular formula is C20H21FN4O2. The number of fused-ring (bicyclic) bond motifs is 1. The van der Waals surface area contributed by atoms with Crippen molar-refractivity contribution in [3.05, 3.63) is 54.1 Å². The van der Waals surface area contributed by atoms with Gasteiger partial charge in [-0.3, -0.25) is 4.79 Å². The molecule has 0 atom stereocenters. The van der Waals surface area contributed by atoms with Crippen LogP contribution in [0, 0.1) is 11.7 Å². The average molecular weight is 368 g/mol. The van der Waals surface area contributed by atoms with E-state index in [1.54, 1.807) is 24.4 Å². The lowest BCUT2D eigenvalue weighted by atomic mass is 9.98. The number of aromatic nitrogens is 2. The van der Waals surface area contributed by atoms with E-state index < -0.39 is 0 Å². The van der Waals surface area contributed by atoms with Crippen LogP contribution in [0.1, 0.15) is 23.3 Å². The number of carbonyl (C=O) groups excluding carboxylic acids is 1. The molecule has 0 aliphatic carbocycles. The zero-order chi connectivity index (χ0) is 18.8. The summed E-state index contributed by atoms with van der Waals surface area (Å²) in [7, 11) is 0. The molecule has 140 valence electrons. The molecule has 3 heterocycles. The smallest absolute Gasteiger partial charge is 0.272 e. The first-order chi connectivity index (χ1) is 13.2. The van der Waals surface area contributed by atoms with Crippen molar-refractivity contribution in [2.45, 2.75) is 12.8 Å². The van der Waals surface area contributed by atoms with E-state index in [0.717, 1.165) is 25.9 Å². The molecule has 0 radical (unpaired) electrons. The number of nitrogens with one attached hydrogen (secondary N) is 2. The second-order valence-electron chi connectivity index (χ2n) is 6.83. The first kappa shape index (κ1) is 17.5. The first-order valence-electron chi connectivity index (χ1n) is 9.05. The Morgan fingerprint density at radius 2 is 2.11 bits per heavy atom. The Balaban J connectivity index is 1.55. The molecule has 0 spiro atoms. The molecule has 4 rings (SSSR count). The number of hydrogen-bond donors (Lipinski definition) is 3. The molecule has 6 nitrogen and oxygen atoms in total. The summed E-state index contributed by atoms with van der Waals surface area (Å²) in [5.74, 6) is 0.329. The average Bonchev–Trinajstić information content (AvgIpc) is 3.15. The number of pyridine rings is 1. The van der Waals surface area contributed by atoms with Crippen LogP contribution >= 0.6 is 0 Å². The largest absolute Gasteiger partial charge is 0.396 e. The SMILES string of the molecule is O=C(Nc1cccnc1N1CCC(CO)CC1)c1cc2c(F)cccc2[nH]1. The molecule has 2 aromatic heterocycles. The van der Waals surface area contributed by atoms with Gasteiger partial charge < -0.3 is 20.3 Å². The van der Waals surface area contributed by atoms with Crippen LogP contribution < -0.4 is 10.2 Å². The van der Waals surface area contributed by atoms with Crippen molar-refractivity contribution in [1.29, 1.82) is 0 Å². The van der Waals surface area contributed by atoms with E-state index in [2.05, 4.69) is 20.2 Å². The Hall–Kier alpha value is -2.93. The molecule has 1 aliphatic rings. The fourth-order valence-corrected chi connectivity index (χ4v) is 3.50. The van der Waals surface area contributed by atoms with Crippen molar-refractivity contribution in [3.63, 3.8) is 0 Å². The lowest BCUT2D eigenvalue weighted by Gasteiger charge is -2.33. The summed E-state index contributed by atoms with van der Waals surface area (Å²) in [6, 6.07) is 9.79. The molecule has 0 unspecified atom stereocenters. The highest BCUT2D eigenvalue weighted by molar-refractivity contribution is 6.07. The summed E-state index contributed by atoms with van der Waals surface area (Å²) in [6.45, 7) is 1.77. The van der Waals surface area contributed by atoms with E-state index in [1.807, 2.05) is 6.07 Å². The molecule has 7 heteroatoms. The molecule has 0 bridgehead atoms. The molecular weight excluding hydrogens is 347 g/mol. The van der Waals surface area contributed by atoms with Gasteiger partial charge in [-0.15, -0.1) is 0 Å². The van der Waals surface area contributed by atoms with Crippen LogP contribution in [0.15, 0.2) is 42.6 Å². The minimum atomic E-state index is -0.364. The molecule has 27 heavy (non-hydrogen) atoms. The van der Waals surface area contributed by atoms with Gasteiger partial charge in [-0.25, -0.2) is 9.37 Å². The number of piperidine rings is 1. The Kier molecular flexibility index (Phi) is 4.77. The summed E-state index contributed by atoms with van der Waals surface area (Å²) in [5.41, 5.74) is 1.49. The van der Waals surface area contributed by atoms with Gasteiger partial charge in [0.05, 0.1) is 5.69 Å². The van der Waals surface area contributed by atoms with Gasteiger partial charge in [-0.05, 0) is 49.1 Å². The molecule has 0 saturated carbocycles. The number of rotatable bonds is 4. The number of aliphatic hydroxyl groups excluding tert-OH is 1. The van der Waals surface area contributed by atoms with Gasteiger partial charge in [-0.1, -0.05) is 6.07 Å². The monoisotopic (exact) mass is 368 g/mol. The predicted molar refractivity (Wildman–Crippen MR) is 102 cm³/mol. The quantitative estimate of drug-likeness (QED) is 0.661. The number of amides is 1. The first-order valence-corrected chi connectivity index (χ1v) is 9.05. The summed E-state index contributed by atoms with van der Waals surface area (Å²) in [4.78, 5) is 22.2. The van der Waals surface area contributed by atoms with Crippen molar-refractivity contribution in [1.82, 2.24) is 9.97 Å². The van der Waals surface area contributed by atoms with E-state index in [1.165, 1.54) is 12.1 Å². The fraction of sp³-hybridized carbons (Fsp3) is 0.300. The number of H-pyrrole nitrogens is 1. The topological polar surface area (TPSA) is 81.2 Å². The minimum absolute atomic E-state index is 0.205. The van der Waals surface area contributed by atoms with Gasteiger partial charge in [0.15, 0.2) is 5.82 Å². The summed E-state index contributed by atoms with van der Waals surface area (Å²) >= 11 is 0. The van der Waals surface area contributed by atoms with Crippen molar-refractivity contribution < 1.29 is 14.3 Å². The van der Waals surface area contributed by atoms with Gasteiger partial charge >= 0.3 is 0 Å². The molecule has 1 saturated heterocycles. The summed E-state index contributed by atoms with van der Waals surface area (Å²) < 4.78 is 13.9. The zero-order valence-corrected chi connectivity index (χ0v) is 14.8. The van der Waals surface area contributed by atoms with Crippen LogP contribution in [-0.4, -0.2) is 40.7 Å². The highest BCUT2D eigenvalue weighted by atomic mass is 19.1. The second kappa shape index (κ2) is 7.36. The number of benzene rings is 1. The summed E-state index contributed by atoms with van der Waals surface area (Å²) in [5, 5.41) is 12.6. The van der Waals surface area contributed by atoms with Crippen LogP contribution in [0.25, 0.3) is 10.9 Å². The molecule has 1 aliphatic heterocycles. The van der Waals surface area contributed by atoms with E-state index >= 15 is 0 Å². The standard InChI is InChI=1S/C20H21FN4O2/c21-15-3-1-4-16-14(15)11-18(23-16)20(27)24-17-5-2-8-22-19(17)25-9-6-13(12-26)7-10-25/h1-5,8,11,13,23,26H,6-7,9-10,12H2,(H,24,27). The van der Waals surface area contributed by atoms with Gasteiger partial charge in [0.25, 0.3) is 5.91 Å². The maximum Gasteiger partial charge on any atom is 0.272 e. The van der Waals surface area contributed by atoms with E-state index in [4.69, 9.17) is 0 Å². The lowest BCUT2D eigenvalue weighted by Crippen LogP contribution is -2.35. The van der Waals surface area contributed by atoms with Gasteiger partial charge in [0.2, 0.25) is 0 Å². The number of aliphatic hydroxyl groups is 1. The normalized spacial score (nSPS) is 15.3. The molecule has 1 amide bonds. The van der Waals surface area contributed by atoms with Crippen LogP contribution in [0.2, 0.25) is 0 Å². The fourth-order valence-electron chi connectivity index (χ4n) is 3.50. The highest BCUT2D eigenvalue weighted by Crippen LogP contribution is 2.28. The number of hydrogen-bond acceptors (Lipinski definition) is 4. The molecule has 3 aromatic rings. The van der Waals surface area contributed by atoms with Crippen molar-refractivity contribution >= 4 is 28.3 Å². The number of carbonyl (C=O) groups is 1. The highest BCUT2D eigenvalue weighted by Gasteiger charge is 2.22. The third kappa shape index (κ3) is 3.50. The third-order valence-corrected chi connectivity index (χ3v) is 5.06. The van der Waals surface area contributed by atoms with Crippen LogP contribution in [-0.2, 0) is 0 Å². The number of nitrogens with zero attached hydrogens (tertiary/aromatic N) is 2. The Labute approximate surface area is 156 Å². The van der Waals surface area contributed by atoms with Gasteiger partial charge in [0.1, 0.15) is 11.5 Å². The van der Waals surface area contributed by atoms with Crippen molar-refractivity contribution in [2.75, 3.05) is 29.9 Å². The van der Waals surface area contributed by atoms with E-state index in [9.17, 15) is 14.3 Å². The Morgan fingerprint density at radius 1 is 1.30 bits per heavy atom. The molecule has 3 N–H and O–H groups in total. The van der Waals surface area contributed by atoms with E-state index in [-0.39, 0.29) is 18.3 Å². The second-order valence-corrected chi connectivity index (χ2v) is 6.83. The maximum atomic E-state index is 13.9. The zero-order valence-electron chi connectivity index (χ0n) is 14.8. The summed E-state index contributed by atoms with van der Waals surface area (Å²) in [6.07, 6.45) is 3.48. The van der Waals surface area contributed by atoms with Gasteiger partial charge in [-0.2, -0.15) is 0 Å². The number of aromatic amines is 1. The maximum absolute atomic E-state index is 13.9. The predicted octanol–water partition coefficient (Wildman–Crippen LogP) is 3.16. The number of halogens is 1. The minimum Gasteiger partial charge on any atom is -0.396 e. The van der Waals surface area contributed by atoms with Crippen LogP contribution in [0.5, 0.6) is 0 Å². The molecule has 1 fully saturated rings. The number of anilines is 2. The lowest BCUT2D eigenvalue weighted by molar-refractivity contribution is 0.102. The Morgan fingerprint density at radius 3 is 2.85 bits per heavy atom. The van der Waals surface area contributed by atoms with Crippen molar-refractivity contribution in [3.8, 4) is 0 Å². The molecule has 1 aromatic carbocycles. The van der Waals surface area contributed by atoms with Gasteiger partial charge in [0, 0.05) is 36.8 Å². The Bertz CT molecular complexity index is 964.